The normalized spacial score (nSPS) is 12.5. The molecule has 0 atom stereocenters. The quantitative estimate of drug-likeness (QED) is 0.596. The predicted molar refractivity (Wildman–Crippen MR) is 85.4 cm³/mol. The van der Waals surface area contributed by atoms with Crippen LogP contribution in [0.25, 0.3) is 22.0 Å². The van der Waals surface area contributed by atoms with Crippen molar-refractivity contribution in [2.24, 2.45) is 0 Å². The second-order valence-electron chi connectivity index (χ2n) is 5.87. The maximum atomic E-state index is 13.2. The van der Waals surface area contributed by atoms with Crippen molar-refractivity contribution in [3.63, 3.8) is 0 Å². The maximum Gasteiger partial charge on any atom is 0.417 e. The lowest BCUT2D eigenvalue weighted by Crippen LogP contribution is -2.17. The summed E-state index contributed by atoms with van der Waals surface area (Å²) in [6.07, 6.45) is -8.44. The number of aromatic nitrogens is 1. The number of fused-ring (bicyclic) bond motifs is 1. The van der Waals surface area contributed by atoms with Gasteiger partial charge >= 0.3 is 18.3 Å². The molecule has 1 heterocycles. The molecule has 3 rings (SSSR count). The van der Waals surface area contributed by atoms with Crippen molar-refractivity contribution < 1.29 is 36.2 Å². The number of carbonyl (C=O) groups is 1. The molecule has 0 saturated carbocycles. The maximum absolute atomic E-state index is 13.2. The first-order valence-corrected chi connectivity index (χ1v) is 7.57. The minimum Gasteiger partial charge on any atom is -0.478 e. The zero-order valence-electron chi connectivity index (χ0n) is 13.4. The fourth-order valence-corrected chi connectivity index (χ4v) is 2.94. The van der Waals surface area contributed by atoms with Crippen LogP contribution in [0.5, 0.6) is 0 Å². The number of carboxylic acids is 1. The lowest BCUT2D eigenvalue weighted by atomic mass is 9.98. The van der Waals surface area contributed by atoms with Gasteiger partial charge in [-0.1, -0.05) is 30.3 Å². The molecule has 0 aliphatic carbocycles. The van der Waals surface area contributed by atoms with Crippen molar-refractivity contribution in [1.29, 1.82) is 0 Å². The average molecular weight is 387 g/mol. The van der Waals surface area contributed by atoms with Crippen molar-refractivity contribution in [3.05, 3.63) is 59.8 Å². The summed E-state index contributed by atoms with van der Waals surface area (Å²) in [5.41, 5.74) is -1.57. The van der Waals surface area contributed by atoms with Crippen LogP contribution >= 0.6 is 0 Å². The third-order valence-corrected chi connectivity index (χ3v) is 4.01. The number of halogens is 6. The van der Waals surface area contributed by atoms with E-state index in [1.165, 1.54) is 30.3 Å². The summed E-state index contributed by atoms with van der Waals surface area (Å²) >= 11 is 0. The zero-order chi connectivity index (χ0) is 20.0. The number of carboxylic acid groups (broad SMARTS) is 1. The van der Waals surface area contributed by atoms with E-state index in [2.05, 4.69) is 0 Å². The summed E-state index contributed by atoms with van der Waals surface area (Å²) < 4.78 is 78.8. The van der Waals surface area contributed by atoms with Gasteiger partial charge in [0.25, 0.3) is 0 Å². The number of hydrogen-bond acceptors (Lipinski definition) is 1. The van der Waals surface area contributed by atoms with Gasteiger partial charge in [-0.2, -0.15) is 26.3 Å². The van der Waals surface area contributed by atoms with E-state index in [1.807, 2.05) is 0 Å². The van der Waals surface area contributed by atoms with E-state index in [0.29, 0.717) is 4.57 Å². The molecule has 3 nitrogen and oxygen atoms in total. The van der Waals surface area contributed by atoms with Gasteiger partial charge in [0, 0.05) is 17.1 Å². The fourth-order valence-electron chi connectivity index (χ4n) is 2.94. The Morgan fingerprint density at radius 3 is 2.26 bits per heavy atom. The zero-order valence-corrected chi connectivity index (χ0v) is 13.4. The van der Waals surface area contributed by atoms with Crippen molar-refractivity contribution in [3.8, 4) is 11.1 Å². The largest absolute Gasteiger partial charge is 0.478 e. The number of alkyl halides is 6. The Bertz CT molecular complexity index is 1020. The highest BCUT2D eigenvalue weighted by atomic mass is 19.4. The summed E-state index contributed by atoms with van der Waals surface area (Å²) in [4.78, 5) is 11.3. The summed E-state index contributed by atoms with van der Waals surface area (Å²) in [5.74, 6) is -1.43. The van der Waals surface area contributed by atoms with Crippen LogP contribution in [0.4, 0.5) is 26.3 Å². The highest BCUT2D eigenvalue weighted by Crippen LogP contribution is 2.38. The molecular formula is C18H11F6NO2. The van der Waals surface area contributed by atoms with E-state index in [0.717, 1.165) is 18.3 Å². The first-order valence-electron chi connectivity index (χ1n) is 7.57. The van der Waals surface area contributed by atoms with Crippen LogP contribution in [0.15, 0.2) is 48.7 Å². The third-order valence-electron chi connectivity index (χ3n) is 4.01. The van der Waals surface area contributed by atoms with Crippen LogP contribution in [0, 0.1) is 0 Å². The Kier molecular flexibility index (Phi) is 4.41. The molecule has 0 aliphatic heterocycles. The van der Waals surface area contributed by atoms with Crippen molar-refractivity contribution in [2.45, 2.75) is 18.9 Å². The van der Waals surface area contributed by atoms with Crippen LogP contribution in [-0.2, 0) is 12.7 Å². The Hall–Kier alpha value is -2.97. The minimum absolute atomic E-state index is 0.0139. The molecule has 2 aromatic carbocycles. The number of nitrogens with zero attached hydrogens (tertiary/aromatic N) is 1. The van der Waals surface area contributed by atoms with Crippen LogP contribution in [0.1, 0.15) is 15.9 Å². The number of rotatable bonds is 3. The van der Waals surface area contributed by atoms with Gasteiger partial charge < -0.3 is 9.67 Å². The predicted octanol–water partition coefficient (Wildman–Crippen LogP) is 5.59. The molecule has 1 aromatic heterocycles. The van der Waals surface area contributed by atoms with Crippen molar-refractivity contribution in [2.75, 3.05) is 0 Å². The summed E-state index contributed by atoms with van der Waals surface area (Å²) in [6, 6.07) is 8.28. The molecule has 142 valence electrons. The highest BCUT2D eigenvalue weighted by Gasteiger charge is 2.34. The van der Waals surface area contributed by atoms with Crippen LogP contribution < -0.4 is 0 Å². The van der Waals surface area contributed by atoms with E-state index in [-0.39, 0.29) is 27.6 Å². The molecule has 0 unspecified atom stereocenters. The van der Waals surface area contributed by atoms with E-state index >= 15 is 0 Å². The molecule has 0 saturated heterocycles. The van der Waals surface area contributed by atoms with Crippen molar-refractivity contribution >= 4 is 16.9 Å². The highest BCUT2D eigenvalue weighted by molar-refractivity contribution is 6.04. The van der Waals surface area contributed by atoms with Gasteiger partial charge in [0.05, 0.1) is 11.1 Å². The molecule has 27 heavy (non-hydrogen) atoms. The molecule has 3 aromatic rings. The smallest absolute Gasteiger partial charge is 0.417 e. The standard InChI is InChI=1S/C18H11F6NO2/c19-17(20,21)9-25-8-13(16(26)27)12-6-5-10(7-15(12)25)11-3-1-2-4-14(11)18(22,23)24/h1-8H,9H2,(H,26,27). The Balaban J connectivity index is 2.24. The molecule has 9 heteroatoms. The molecule has 0 amide bonds. The lowest BCUT2D eigenvalue weighted by Gasteiger charge is -2.14. The Morgan fingerprint density at radius 2 is 1.67 bits per heavy atom. The van der Waals surface area contributed by atoms with E-state index in [4.69, 9.17) is 0 Å². The second kappa shape index (κ2) is 6.33. The van der Waals surface area contributed by atoms with E-state index < -0.39 is 30.4 Å². The van der Waals surface area contributed by atoms with E-state index in [9.17, 15) is 36.2 Å². The number of aromatic carboxylic acids is 1. The molecule has 0 radical (unpaired) electrons. The monoisotopic (exact) mass is 387 g/mol. The van der Waals surface area contributed by atoms with Gasteiger partial charge in [-0.3, -0.25) is 0 Å². The van der Waals surface area contributed by atoms with Crippen LogP contribution in [0.3, 0.4) is 0 Å². The molecule has 0 fully saturated rings. The number of hydrogen-bond donors (Lipinski definition) is 1. The Morgan fingerprint density at radius 1 is 1.00 bits per heavy atom. The van der Waals surface area contributed by atoms with Gasteiger partial charge in [0.15, 0.2) is 0 Å². The molecule has 0 aliphatic rings. The van der Waals surface area contributed by atoms with Crippen LogP contribution in [-0.4, -0.2) is 21.8 Å². The molecular weight excluding hydrogens is 376 g/mol. The van der Waals surface area contributed by atoms with Gasteiger partial charge in [0.2, 0.25) is 0 Å². The molecule has 1 N–H and O–H groups in total. The fraction of sp³-hybridized carbons (Fsp3) is 0.167. The summed E-state index contributed by atoms with van der Waals surface area (Å²) in [5, 5.41) is 9.20. The van der Waals surface area contributed by atoms with Gasteiger partial charge in [0.1, 0.15) is 6.54 Å². The van der Waals surface area contributed by atoms with Crippen LogP contribution in [0.2, 0.25) is 0 Å². The lowest BCUT2D eigenvalue weighted by molar-refractivity contribution is -0.140. The van der Waals surface area contributed by atoms with Crippen molar-refractivity contribution in [1.82, 2.24) is 4.57 Å². The van der Waals surface area contributed by atoms with Gasteiger partial charge in [-0.25, -0.2) is 4.79 Å². The van der Waals surface area contributed by atoms with Gasteiger partial charge in [-0.05, 0) is 23.3 Å². The first kappa shape index (κ1) is 18.8. The topological polar surface area (TPSA) is 42.2 Å². The molecule has 0 bridgehead atoms. The second-order valence-corrected chi connectivity index (χ2v) is 5.87. The van der Waals surface area contributed by atoms with Gasteiger partial charge in [-0.15, -0.1) is 0 Å². The first-order chi connectivity index (χ1) is 12.5. The number of benzene rings is 2. The summed E-state index contributed by atoms with van der Waals surface area (Å²) in [7, 11) is 0. The molecule has 0 spiro atoms. The minimum atomic E-state index is -4.65. The average Bonchev–Trinajstić information content (AvgIpc) is 2.90. The summed E-state index contributed by atoms with van der Waals surface area (Å²) in [6.45, 7) is -1.46. The van der Waals surface area contributed by atoms with E-state index in [1.54, 1.807) is 0 Å². The Labute approximate surface area is 148 Å². The SMILES string of the molecule is O=C(O)c1cn(CC(F)(F)F)c2cc(-c3ccccc3C(F)(F)F)ccc12. The third kappa shape index (κ3) is 3.76.